The molecule has 0 aliphatic heterocycles. The summed E-state index contributed by atoms with van der Waals surface area (Å²) in [7, 11) is 0. The third-order valence-electron chi connectivity index (χ3n) is 0. The molecule has 1 N–H and O–H groups in total. The van der Waals surface area contributed by atoms with Crippen LogP contribution in [0, 0.1) is 0 Å². The Hall–Kier alpha value is 1.91. The molecule has 0 bridgehead atoms. The molecule has 0 atom stereocenters. The van der Waals surface area contributed by atoms with Crippen LogP contribution in [-0.4, -0.2) is 5.26 Å². The molecule has 0 aliphatic carbocycles. The quantitative estimate of drug-likeness (QED) is 0.451. The zero-order chi connectivity index (χ0) is 2.71. The van der Waals surface area contributed by atoms with Crippen molar-refractivity contribution in [3.8, 4) is 0 Å². The summed E-state index contributed by atoms with van der Waals surface area (Å²) in [5.74, 6) is 0. The predicted octanol–water partition coefficient (Wildman–Crippen LogP) is -0.0647. The van der Waals surface area contributed by atoms with Gasteiger partial charge in [-0.2, -0.15) is 0 Å². The van der Waals surface area contributed by atoms with Gasteiger partial charge in [0, 0.05) is 32.7 Å². The first-order chi connectivity index (χ1) is 1.41. The number of rotatable bonds is 0. The summed E-state index contributed by atoms with van der Waals surface area (Å²) in [6.45, 7) is 0. The Balaban J connectivity index is 0. The van der Waals surface area contributed by atoms with Crippen LogP contribution < -0.4 is 0 Å². The second-order valence-corrected chi connectivity index (χ2v) is 0.540. The first kappa shape index (κ1) is 9.32. The van der Waals surface area contributed by atoms with Gasteiger partial charge in [0.2, 0.25) is 0 Å². The maximum atomic E-state index is 7.11. The number of hydrogen-bond donors (Lipinski definition) is 1. The molecular formula is HO2YZr. The molecule has 0 unspecified atom stereocenters. The Morgan fingerprint density at radius 3 is 1.75 bits per heavy atom. The van der Waals surface area contributed by atoms with E-state index in [-0.39, 0.29) is 32.7 Å². The topological polar surface area (TPSA) is 29.5 Å². The van der Waals surface area contributed by atoms with Crippen LogP contribution in [0.1, 0.15) is 0 Å². The third kappa shape index (κ3) is 9.08. The first-order valence-electron chi connectivity index (χ1n) is 0.387. The molecule has 0 rings (SSSR count). The van der Waals surface area contributed by atoms with Crippen LogP contribution in [-0.2, 0) is 60.8 Å². The Labute approximate surface area is 65.2 Å². The van der Waals surface area contributed by atoms with Crippen molar-refractivity contribution in [2.75, 3.05) is 0 Å². The fourth-order valence-corrected chi connectivity index (χ4v) is 0. The van der Waals surface area contributed by atoms with Gasteiger partial charge in [0.1, 0.15) is 0 Å². The molecule has 0 aromatic rings. The summed E-state index contributed by atoms with van der Waals surface area (Å²) in [6.07, 6.45) is 0. The van der Waals surface area contributed by atoms with Crippen molar-refractivity contribution in [3.63, 3.8) is 0 Å². The average molecular weight is 213 g/mol. The van der Waals surface area contributed by atoms with Crippen molar-refractivity contribution in [1.82, 2.24) is 0 Å². The SMILES string of the molecule is O[O][Zr].[Y]. The summed E-state index contributed by atoms with van der Waals surface area (Å²) in [6, 6.07) is 0. The molecule has 0 aliphatic rings. The normalized spacial score (nSPS) is 4.00. The van der Waals surface area contributed by atoms with Crippen LogP contribution in [0.4, 0.5) is 0 Å². The smallest absolute Gasteiger partial charge is 0 e. The Bertz CT molecular complexity index is 6.00. The van der Waals surface area contributed by atoms with Crippen LogP contribution in [0.15, 0.2) is 0 Å². The van der Waals surface area contributed by atoms with E-state index in [9.17, 15) is 0 Å². The molecule has 0 heterocycles. The van der Waals surface area contributed by atoms with Crippen LogP contribution >= 0.6 is 0 Å². The maximum absolute atomic E-state index is 7.11. The fraction of sp³-hybridized carbons (Fsp3) is 0. The zero-order valence-corrected chi connectivity index (χ0v) is 7.23. The molecule has 1 radical (unpaired) electrons. The predicted molar refractivity (Wildman–Crippen MR) is 3.71 cm³/mol. The first-order valence-corrected chi connectivity index (χ1v) is 1.39. The van der Waals surface area contributed by atoms with E-state index in [1.54, 1.807) is 0 Å². The molecule has 0 aromatic heterocycles. The van der Waals surface area contributed by atoms with Gasteiger partial charge in [0.05, 0.1) is 0 Å². The van der Waals surface area contributed by atoms with E-state index in [0.717, 1.165) is 0 Å². The Morgan fingerprint density at radius 2 is 1.75 bits per heavy atom. The van der Waals surface area contributed by atoms with Crippen molar-refractivity contribution < 1.29 is 66.1 Å². The molecular weight excluding hydrogens is 212 g/mol. The molecule has 0 saturated heterocycles. The van der Waals surface area contributed by atoms with Crippen molar-refractivity contribution >= 4 is 0 Å². The van der Waals surface area contributed by atoms with Crippen molar-refractivity contribution in [2.24, 2.45) is 0 Å². The standard InChI is InChI=1S/H2O2.Y.Zr/c1-2;;/h1-2H;;/q;;+1/p-1. The molecule has 0 fully saturated rings. The van der Waals surface area contributed by atoms with E-state index in [4.69, 9.17) is 5.26 Å². The largest absolute Gasteiger partial charge is 0 e. The van der Waals surface area contributed by atoms with Crippen LogP contribution in [0.5, 0.6) is 0 Å². The van der Waals surface area contributed by atoms with Gasteiger partial charge in [-0.1, -0.05) is 0 Å². The molecule has 0 spiro atoms. The molecule has 4 heteroatoms. The molecule has 20 valence electrons. The zero-order valence-electron chi connectivity index (χ0n) is 1.93. The summed E-state index contributed by atoms with van der Waals surface area (Å²) in [4.78, 5) is 0. The van der Waals surface area contributed by atoms with Crippen molar-refractivity contribution in [3.05, 3.63) is 0 Å². The second kappa shape index (κ2) is 8.86. The van der Waals surface area contributed by atoms with Crippen LogP contribution in [0.3, 0.4) is 0 Å². The van der Waals surface area contributed by atoms with E-state index in [0.29, 0.717) is 25.2 Å². The minimum absolute atomic E-state index is 0. The summed E-state index contributed by atoms with van der Waals surface area (Å²) in [5.41, 5.74) is 0. The summed E-state index contributed by atoms with van der Waals surface area (Å²) >= 11 is 0.691. The van der Waals surface area contributed by atoms with E-state index in [1.807, 2.05) is 0 Å². The van der Waals surface area contributed by atoms with Crippen LogP contribution in [0.2, 0.25) is 0 Å². The minimum atomic E-state index is 0. The van der Waals surface area contributed by atoms with Gasteiger partial charge in [-0.05, 0) is 0 Å². The second-order valence-electron chi connectivity index (χ2n) is 0.0913. The van der Waals surface area contributed by atoms with Gasteiger partial charge in [0.15, 0.2) is 0 Å². The molecule has 0 aromatic carbocycles. The van der Waals surface area contributed by atoms with Gasteiger partial charge in [-0.3, -0.25) is 0 Å². The van der Waals surface area contributed by atoms with Gasteiger partial charge >= 0.3 is 33.4 Å². The van der Waals surface area contributed by atoms with Crippen molar-refractivity contribution in [1.29, 1.82) is 0 Å². The van der Waals surface area contributed by atoms with E-state index in [2.05, 4.69) is 2.96 Å². The average Bonchev–Trinajstić information content (AvgIpc) is 0.918. The van der Waals surface area contributed by atoms with Gasteiger partial charge < -0.3 is 0 Å². The monoisotopic (exact) mass is 212 g/mol. The van der Waals surface area contributed by atoms with Crippen LogP contribution in [0.25, 0.3) is 0 Å². The maximum Gasteiger partial charge on any atom is 0 e. The van der Waals surface area contributed by atoms with E-state index in [1.165, 1.54) is 0 Å². The Kier molecular flexibility index (Phi) is 20.6. The third-order valence-corrected chi connectivity index (χ3v) is 0. The minimum Gasteiger partial charge on any atom is 0 e. The van der Waals surface area contributed by atoms with Gasteiger partial charge in [0.25, 0.3) is 0 Å². The van der Waals surface area contributed by atoms with Gasteiger partial charge in [-0.15, -0.1) is 0 Å². The fourth-order valence-electron chi connectivity index (χ4n) is 0. The molecule has 4 heavy (non-hydrogen) atoms. The molecule has 0 amide bonds. The summed E-state index contributed by atoms with van der Waals surface area (Å²) in [5, 5.41) is 7.11. The molecule has 2 nitrogen and oxygen atoms in total. The summed E-state index contributed by atoms with van der Waals surface area (Å²) < 4.78 is 3.34. The number of hydrogen-bond acceptors (Lipinski definition) is 2. The van der Waals surface area contributed by atoms with Gasteiger partial charge in [-0.25, -0.2) is 0 Å². The molecule has 0 saturated carbocycles. The van der Waals surface area contributed by atoms with E-state index >= 15 is 0 Å². The Morgan fingerprint density at radius 1 is 1.75 bits per heavy atom. The van der Waals surface area contributed by atoms with E-state index < -0.39 is 0 Å². The van der Waals surface area contributed by atoms with Crippen molar-refractivity contribution in [2.45, 2.75) is 0 Å².